The zero-order valence-corrected chi connectivity index (χ0v) is 10.2. The summed E-state index contributed by atoms with van der Waals surface area (Å²) in [5.74, 6) is 0.364. The fraction of sp³-hybridized carbons (Fsp3) is 0.462. The lowest BCUT2D eigenvalue weighted by atomic mass is 9.95. The van der Waals surface area contributed by atoms with Crippen molar-refractivity contribution >= 4 is 11.3 Å². The Balaban J connectivity index is 1.87. The zero-order valence-electron chi connectivity index (χ0n) is 9.41. The molecule has 0 aromatic carbocycles. The summed E-state index contributed by atoms with van der Waals surface area (Å²) >= 11 is 1.81. The number of fused-ring (bicyclic) bond motifs is 3. The van der Waals surface area contributed by atoms with Gasteiger partial charge in [0, 0.05) is 16.4 Å². The van der Waals surface area contributed by atoms with Crippen LogP contribution in [0.15, 0.2) is 24.0 Å². The van der Waals surface area contributed by atoms with Gasteiger partial charge in [0.1, 0.15) is 0 Å². The lowest BCUT2D eigenvalue weighted by Crippen LogP contribution is -2.23. The van der Waals surface area contributed by atoms with Crippen LogP contribution in [0.25, 0.3) is 11.3 Å². The lowest BCUT2D eigenvalue weighted by molar-refractivity contribution is 0.113. The van der Waals surface area contributed by atoms with Crippen molar-refractivity contribution in [3.05, 3.63) is 28.8 Å². The molecular formula is C13H14N2OS. The number of rotatable bonds is 1. The van der Waals surface area contributed by atoms with Crippen molar-refractivity contribution in [2.24, 2.45) is 5.92 Å². The Labute approximate surface area is 104 Å². The smallest absolute Gasteiger partial charge is 0.0957 e. The van der Waals surface area contributed by atoms with Crippen molar-refractivity contribution in [1.29, 1.82) is 0 Å². The number of aliphatic hydroxyl groups is 1. The summed E-state index contributed by atoms with van der Waals surface area (Å²) in [4.78, 5) is 5.67. The van der Waals surface area contributed by atoms with Crippen molar-refractivity contribution in [3.63, 3.8) is 0 Å². The van der Waals surface area contributed by atoms with Crippen molar-refractivity contribution < 1.29 is 5.11 Å². The molecule has 1 unspecified atom stereocenters. The molecule has 1 aliphatic heterocycles. The Morgan fingerprint density at radius 3 is 3.18 bits per heavy atom. The molecular weight excluding hydrogens is 232 g/mol. The highest BCUT2D eigenvalue weighted by Gasteiger charge is 2.40. The third-order valence-corrected chi connectivity index (χ3v) is 5.13. The number of imidazole rings is 1. The number of hydrogen-bond donors (Lipinski definition) is 1. The number of aromatic nitrogens is 2. The third kappa shape index (κ3) is 1.22. The standard InChI is InChI=1S/C13H14N2OS/c16-11-3-1-2-9(11)12-13-8(4-5-17-13)10-6-14-7-15(10)12/h4-7,9,11-12,16H,1-3H2/t9-,11+,12?/m1/s1. The molecule has 1 N–H and O–H groups in total. The molecule has 0 bridgehead atoms. The molecule has 2 aromatic heterocycles. The predicted molar refractivity (Wildman–Crippen MR) is 67.0 cm³/mol. The van der Waals surface area contributed by atoms with E-state index in [4.69, 9.17) is 0 Å². The van der Waals surface area contributed by atoms with Gasteiger partial charge in [-0.1, -0.05) is 6.42 Å². The van der Waals surface area contributed by atoms with E-state index >= 15 is 0 Å². The van der Waals surface area contributed by atoms with E-state index in [1.165, 1.54) is 16.1 Å². The SMILES string of the molecule is O[C@H]1CCC[C@H]1C1c2sccc2-c2cncn21. The highest BCUT2D eigenvalue weighted by molar-refractivity contribution is 7.10. The van der Waals surface area contributed by atoms with Crippen molar-refractivity contribution in [2.45, 2.75) is 31.4 Å². The van der Waals surface area contributed by atoms with Crippen LogP contribution in [0.3, 0.4) is 0 Å². The maximum Gasteiger partial charge on any atom is 0.0957 e. The van der Waals surface area contributed by atoms with E-state index < -0.39 is 0 Å². The van der Waals surface area contributed by atoms with Gasteiger partial charge in [-0.05, 0) is 24.3 Å². The molecule has 0 radical (unpaired) electrons. The van der Waals surface area contributed by atoms with Gasteiger partial charge in [-0.25, -0.2) is 4.98 Å². The highest BCUT2D eigenvalue weighted by Crippen LogP contribution is 2.49. The normalized spacial score (nSPS) is 30.5. The molecule has 0 spiro atoms. The molecule has 2 aromatic rings. The molecule has 1 aliphatic carbocycles. The maximum absolute atomic E-state index is 10.1. The van der Waals surface area contributed by atoms with Gasteiger partial charge in [0.05, 0.1) is 30.4 Å². The van der Waals surface area contributed by atoms with E-state index in [0.29, 0.717) is 12.0 Å². The molecule has 88 valence electrons. The molecule has 4 rings (SSSR count). The van der Waals surface area contributed by atoms with Crippen LogP contribution in [-0.4, -0.2) is 20.8 Å². The van der Waals surface area contributed by atoms with E-state index in [0.717, 1.165) is 19.3 Å². The van der Waals surface area contributed by atoms with Crippen LogP contribution in [0.4, 0.5) is 0 Å². The molecule has 0 amide bonds. The van der Waals surface area contributed by atoms with E-state index in [-0.39, 0.29) is 6.10 Å². The lowest BCUT2D eigenvalue weighted by Gasteiger charge is -2.23. The average Bonchev–Trinajstić information content (AvgIpc) is 3.00. The zero-order chi connectivity index (χ0) is 11.4. The van der Waals surface area contributed by atoms with E-state index in [1.54, 1.807) is 0 Å². The minimum atomic E-state index is -0.150. The molecule has 1 fully saturated rings. The van der Waals surface area contributed by atoms with Gasteiger partial charge in [0.2, 0.25) is 0 Å². The van der Waals surface area contributed by atoms with Crippen LogP contribution in [0.5, 0.6) is 0 Å². The first kappa shape index (κ1) is 9.85. The van der Waals surface area contributed by atoms with Gasteiger partial charge < -0.3 is 9.67 Å². The Bertz CT molecular complexity index is 519. The van der Waals surface area contributed by atoms with Crippen LogP contribution in [0.2, 0.25) is 0 Å². The van der Waals surface area contributed by atoms with Crippen LogP contribution >= 0.6 is 11.3 Å². The Morgan fingerprint density at radius 1 is 1.41 bits per heavy atom. The Morgan fingerprint density at radius 2 is 2.35 bits per heavy atom. The quantitative estimate of drug-likeness (QED) is 0.840. The molecule has 4 heteroatoms. The number of thiophene rings is 1. The highest BCUT2D eigenvalue weighted by atomic mass is 32.1. The topological polar surface area (TPSA) is 38.1 Å². The van der Waals surface area contributed by atoms with Crippen molar-refractivity contribution in [2.75, 3.05) is 0 Å². The van der Waals surface area contributed by atoms with E-state index in [2.05, 4.69) is 21.0 Å². The third-order valence-electron chi connectivity index (χ3n) is 4.14. The van der Waals surface area contributed by atoms with Gasteiger partial charge in [-0.2, -0.15) is 0 Å². The number of aliphatic hydroxyl groups excluding tert-OH is 1. The molecule has 3 nitrogen and oxygen atoms in total. The van der Waals surface area contributed by atoms with Gasteiger partial charge in [0.25, 0.3) is 0 Å². The minimum Gasteiger partial charge on any atom is -0.393 e. The second-order valence-electron chi connectivity index (χ2n) is 4.99. The van der Waals surface area contributed by atoms with Crippen molar-refractivity contribution in [1.82, 2.24) is 9.55 Å². The van der Waals surface area contributed by atoms with Crippen LogP contribution < -0.4 is 0 Å². The average molecular weight is 246 g/mol. The fourth-order valence-corrected chi connectivity index (χ4v) is 4.44. The summed E-state index contributed by atoms with van der Waals surface area (Å²) in [7, 11) is 0. The van der Waals surface area contributed by atoms with Gasteiger partial charge in [-0.15, -0.1) is 11.3 Å². The predicted octanol–water partition coefficient (Wildman–Crippen LogP) is 2.68. The van der Waals surface area contributed by atoms with Crippen molar-refractivity contribution in [3.8, 4) is 11.3 Å². The fourth-order valence-electron chi connectivity index (χ4n) is 3.36. The van der Waals surface area contributed by atoms with Gasteiger partial charge >= 0.3 is 0 Å². The minimum absolute atomic E-state index is 0.150. The molecule has 3 heterocycles. The summed E-state index contributed by atoms with van der Waals surface area (Å²) in [5.41, 5.74) is 2.53. The first-order chi connectivity index (χ1) is 8.36. The second-order valence-corrected chi connectivity index (χ2v) is 5.94. The maximum atomic E-state index is 10.1. The van der Waals surface area contributed by atoms with Crippen LogP contribution in [-0.2, 0) is 0 Å². The first-order valence-electron chi connectivity index (χ1n) is 6.14. The molecule has 0 saturated heterocycles. The van der Waals surface area contributed by atoms with E-state index in [1.807, 2.05) is 23.9 Å². The number of nitrogens with zero attached hydrogens (tertiary/aromatic N) is 2. The summed E-state index contributed by atoms with van der Waals surface area (Å²) in [6, 6.07) is 2.49. The monoisotopic (exact) mass is 246 g/mol. The van der Waals surface area contributed by atoms with E-state index in [9.17, 15) is 5.11 Å². The Kier molecular flexibility index (Phi) is 1.99. The summed E-state index contributed by atoms with van der Waals surface area (Å²) < 4.78 is 2.25. The molecule has 2 aliphatic rings. The van der Waals surface area contributed by atoms with Crippen LogP contribution in [0, 0.1) is 5.92 Å². The first-order valence-corrected chi connectivity index (χ1v) is 7.02. The second kappa shape index (κ2) is 3.43. The summed E-state index contributed by atoms with van der Waals surface area (Å²) in [6.07, 6.45) is 6.92. The number of hydrogen-bond acceptors (Lipinski definition) is 3. The Hall–Kier alpha value is -1.13. The molecule has 17 heavy (non-hydrogen) atoms. The van der Waals surface area contributed by atoms with Gasteiger partial charge in [-0.3, -0.25) is 0 Å². The van der Waals surface area contributed by atoms with Crippen LogP contribution in [0.1, 0.15) is 30.2 Å². The summed E-state index contributed by atoms with van der Waals surface area (Å²) in [5, 5.41) is 12.3. The molecule has 1 saturated carbocycles. The summed E-state index contributed by atoms with van der Waals surface area (Å²) in [6.45, 7) is 0. The largest absolute Gasteiger partial charge is 0.393 e. The molecule has 3 atom stereocenters. The van der Waals surface area contributed by atoms with Gasteiger partial charge in [0.15, 0.2) is 0 Å².